The summed E-state index contributed by atoms with van der Waals surface area (Å²) in [6.45, 7) is 14.3. The van der Waals surface area contributed by atoms with Crippen LogP contribution in [0.1, 0.15) is 33.6 Å². The molecule has 186 valence electrons. The Labute approximate surface area is 214 Å². The summed E-state index contributed by atoms with van der Waals surface area (Å²) in [5.41, 5.74) is 4.12. The van der Waals surface area contributed by atoms with Crippen LogP contribution in [0, 0.1) is 0 Å². The summed E-state index contributed by atoms with van der Waals surface area (Å²) in [7, 11) is 0. The highest BCUT2D eigenvalue weighted by atomic mass is 32.2. The molecule has 1 unspecified atom stereocenters. The van der Waals surface area contributed by atoms with Crippen LogP contribution in [0.2, 0.25) is 0 Å². The van der Waals surface area contributed by atoms with Crippen molar-refractivity contribution in [3.05, 3.63) is 73.3 Å². The van der Waals surface area contributed by atoms with E-state index in [0.717, 1.165) is 60.1 Å². The molecular weight excluding hydrogens is 452 g/mol. The molecule has 2 aromatic carbocycles. The Morgan fingerprint density at radius 3 is 2.31 bits per heavy atom. The van der Waals surface area contributed by atoms with Crippen LogP contribution in [0.15, 0.2) is 78.5 Å². The Bertz CT molecular complexity index is 1060. The Balaban J connectivity index is 1.74. The normalized spacial score (nSPS) is 12.0. The molecule has 0 aliphatic carbocycles. The molecule has 0 bridgehead atoms. The molecule has 0 saturated carbocycles. The highest BCUT2D eigenvalue weighted by molar-refractivity contribution is 7.99. The molecule has 0 aliphatic heterocycles. The smallest absolute Gasteiger partial charge is 0.230 e. The lowest BCUT2D eigenvalue weighted by molar-refractivity contribution is -0.119. The molecule has 1 amide bonds. The number of amides is 1. The first kappa shape index (κ1) is 26.8. The molecule has 0 radical (unpaired) electrons. The third kappa shape index (κ3) is 7.58. The van der Waals surface area contributed by atoms with Crippen LogP contribution < -0.4 is 5.32 Å². The Hall–Kier alpha value is -2.83. The van der Waals surface area contributed by atoms with E-state index in [1.165, 1.54) is 11.8 Å². The van der Waals surface area contributed by atoms with Crippen molar-refractivity contribution in [1.29, 1.82) is 0 Å². The third-order valence-corrected chi connectivity index (χ3v) is 7.06. The number of hydrogen-bond acceptors (Lipinski definition) is 4. The molecule has 1 N–H and O–H groups in total. The fraction of sp³-hybridized carbons (Fsp3) is 0.379. The molecule has 0 fully saturated rings. The number of benzene rings is 2. The molecule has 3 rings (SSSR count). The first-order valence-corrected chi connectivity index (χ1v) is 13.5. The maximum atomic E-state index is 12.7. The summed E-state index contributed by atoms with van der Waals surface area (Å²) < 4.78 is 2.16. The van der Waals surface area contributed by atoms with Gasteiger partial charge < -0.3 is 14.8 Å². The highest BCUT2D eigenvalue weighted by Crippen LogP contribution is 2.36. The second-order valence-electron chi connectivity index (χ2n) is 8.65. The topological polar surface area (TPSA) is 50.2 Å². The Kier molecular flexibility index (Phi) is 10.6. The first-order valence-electron chi connectivity index (χ1n) is 12.5. The second kappa shape index (κ2) is 13.9. The minimum atomic E-state index is 0.0426. The lowest BCUT2D eigenvalue weighted by Crippen LogP contribution is -2.34. The van der Waals surface area contributed by atoms with Crippen LogP contribution in [0.4, 0.5) is 0 Å². The SMILES string of the molecule is C=CCn1c(SCC(=O)NC(C)CCCN(CC)CC)nc(-c2ccccc2)c1-c1ccccc1. The quantitative estimate of drug-likeness (QED) is 0.218. The van der Waals surface area contributed by atoms with Crippen LogP contribution >= 0.6 is 11.8 Å². The van der Waals surface area contributed by atoms with Gasteiger partial charge in [0.25, 0.3) is 0 Å². The average molecular weight is 491 g/mol. The van der Waals surface area contributed by atoms with Crippen LogP contribution in [-0.2, 0) is 11.3 Å². The molecule has 0 spiro atoms. The lowest BCUT2D eigenvalue weighted by atomic mass is 10.0. The van der Waals surface area contributed by atoms with Crippen LogP contribution in [0.25, 0.3) is 22.5 Å². The molecule has 0 saturated heterocycles. The molecule has 5 nitrogen and oxygen atoms in total. The largest absolute Gasteiger partial charge is 0.353 e. The van der Waals surface area contributed by atoms with Crippen molar-refractivity contribution in [3.8, 4) is 22.5 Å². The van der Waals surface area contributed by atoms with Gasteiger partial charge in [-0.3, -0.25) is 4.79 Å². The zero-order valence-electron chi connectivity index (χ0n) is 21.2. The Morgan fingerprint density at radius 1 is 1.09 bits per heavy atom. The number of imidazole rings is 1. The van der Waals surface area contributed by atoms with Gasteiger partial charge in [-0.05, 0) is 39.4 Å². The summed E-state index contributed by atoms with van der Waals surface area (Å²) in [4.78, 5) is 20.2. The van der Waals surface area contributed by atoms with Gasteiger partial charge in [0.15, 0.2) is 5.16 Å². The van der Waals surface area contributed by atoms with Crippen LogP contribution in [0.3, 0.4) is 0 Å². The van der Waals surface area contributed by atoms with Crippen molar-refractivity contribution in [2.24, 2.45) is 0 Å². The maximum absolute atomic E-state index is 12.7. The van der Waals surface area contributed by atoms with Crippen molar-refractivity contribution < 1.29 is 4.79 Å². The van der Waals surface area contributed by atoms with Gasteiger partial charge in [0.1, 0.15) is 0 Å². The van der Waals surface area contributed by atoms with Gasteiger partial charge in [-0.1, -0.05) is 92.3 Å². The number of nitrogens with one attached hydrogen (secondary N) is 1. The second-order valence-corrected chi connectivity index (χ2v) is 9.59. The van der Waals surface area contributed by atoms with Gasteiger partial charge in [0.05, 0.1) is 17.1 Å². The molecule has 35 heavy (non-hydrogen) atoms. The van der Waals surface area contributed by atoms with E-state index in [0.29, 0.717) is 12.3 Å². The molecule has 1 aromatic heterocycles. The predicted molar refractivity (Wildman–Crippen MR) is 149 cm³/mol. The minimum absolute atomic E-state index is 0.0426. The summed E-state index contributed by atoms with van der Waals surface area (Å²) >= 11 is 1.48. The van der Waals surface area contributed by atoms with E-state index in [9.17, 15) is 4.79 Å². The van der Waals surface area contributed by atoms with Gasteiger partial charge in [0, 0.05) is 23.7 Å². The molecular formula is C29H38N4OS. The first-order chi connectivity index (χ1) is 17.1. The van der Waals surface area contributed by atoms with Crippen LogP contribution in [0.5, 0.6) is 0 Å². The third-order valence-electron chi connectivity index (χ3n) is 6.08. The Morgan fingerprint density at radius 2 is 1.71 bits per heavy atom. The molecule has 1 atom stereocenters. The average Bonchev–Trinajstić information content (AvgIpc) is 3.25. The summed E-state index contributed by atoms with van der Waals surface area (Å²) in [5, 5.41) is 3.99. The number of carbonyl (C=O) groups is 1. The zero-order valence-corrected chi connectivity index (χ0v) is 22.1. The molecule has 3 aromatic rings. The van der Waals surface area contributed by atoms with Crippen LogP contribution in [-0.4, -0.2) is 51.8 Å². The van der Waals surface area contributed by atoms with Gasteiger partial charge in [0.2, 0.25) is 5.91 Å². The number of hydrogen-bond donors (Lipinski definition) is 1. The fourth-order valence-electron chi connectivity index (χ4n) is 4.21. The predicted octanol–water partition coefficient (Wildman–Crippen LogP) is 6.12. The lowest BCUT2D eigenvalue weighted by Gasteiger charge is -2.19. The highest BCUT2D eigenvalue weighted by Gasteiger charge is 2.20. The van der Waals surface area contributed by atoms with Crippen molar-refractivity contribution in [3.63, 3.8) is 0 Å². The molecule has 1 heterocycles. The zero-order chi connectivity index (χ0) is 25.0. The number of rotatable bonds is 14. The van der Waals surface area contributed by atoms with Crippen molar-refractivity contribution >= 4 is 17.7 Å². The van der Waals surface area contributed by atoms with Gasteiger partial charge >= 0.3 is 0 Å². The molecule has 0 aliphatic rings. The maximum Gasteiger partial charge on any atom is 0.230 e. The number of aromatic nitrogens is 2. The number of carbonyl (C=O) groups excluding carboxylic acids is 1. The van der Waals surface area contributed by atoms with Gasteiger partial charge in [-0.15, -0.1) is 6.58 Å². The van der Waals surface area contributed by atoms with E-state index < -0.39 is 0 Å². The van der Waals surface area contributed by atoms with Gasteiger partial charge in [-0.2, -0.15) is 0 Å². The summed E-state index contributed by atoms with van der Waals surface area (Å²) in [6.07, 6.45) is 3.94. The van der Waals surface area contributed by atoms with Gasteiger partial charge in [-0.25, -0.2) is 4.98 Å². The fourth-order valence-corrected chi connectivity index (χ4v) is 5.03. The van der Waals surface area contributed by atoms with E-state index in [-0.39, 0.29) is 11.9 Å². The van der Waals surface area contributed by atoms with E-state index >= 15 is 0 Å². The van der Waals surface area contributed by atoms with Crippen molar-refractivity contribution in [2.75, 3.05) is 25.4 Å². The summed E-state index contributed by atoms with van der Waals surface area (Å²) in [5.74, 6) is 0.373. The monoisotopic (exact) mass is 490 g/mol. The number of thioether (sulfide) groups is 1. The summed E-state index contributed by atoms with van der Waals surface area (Å²) in [6, 6.07) is 20.7. The number of nitrogens with zero attached hydrogens (tertiary/aromatic N) is 3. The van der Waals surface area contributed by atoms with Crippen molar-refractivity contribution in [2.45, 2.75) is 51.4 Å². The number of allylic oxidation sites excluding steroid dienone is 1. The van der Waals surface area contributed by atoms with E-state index in [2.05, 4.69) is 66.4 Å². The standard InChI is InChI=1S/C29H38N4OS/c1-5-20-33-28(25-18-12-9-13-19-25)27(24-16-10-8-11-17-24)31-29(33)35-22-26(34)30-23(4)15-14-21-32(6-2)7-3/h5,8-13,16-19,23H,1,6-7,14-15,20-22H2,2-4H3,(H,30,34). The van der Waals surface area contributed by atoms with E-state index in [1.54, 1.807) is 0 Å². The minimum Gasteiger partial charge on any atom is -0.353 e. The van der Waals surface area contributed by atoms with E-state index in [4.69, 9.17) is 4.98 Å². The van der Waals surface area contributed by atoms with E-state index in [1.807, 2.05) is 42.5 Å². The molecule has 6 heteroatoms. The van der Waals surface area contributed by atoms with Crippen molar-refractivity contribution in [1.82, 2.24) is 19.8 Å².